The zero-order chi connectivity index (χ0) is 21.8. The molecule has 2 aliphatic carbocycles. The Morgan fingerprint density at radius 1 is 1.00 bits per heavy atom. The van der Waals surface area contributed by atoms with Crippen molar-refractivity contribution in [2.24, 2.45) is 17.3 Å². The van der Waals surface area contributed by atoms with Gasteiger partial charge in [0.15, 0.2) is 0 Å². The molecular weight excluding hydrogens is 384 g/mol. The second-order valence-electron chi connectivity index (χ2n) is 10.5. The van der Waals surface area contributed by atoms with Crippen LogP contribution in [-0.4, -0.2) is 17.2 Å². The van der Waals surface area contributed by atoms with Crippen molar-refractivity contribution >= 4 is 5.97 Å². The Morgan fingerprint density at radius 3 is 2.42 bits per heavy atom. The largest absolute Gasteiger partial charge is 0.490 e. The number of rotatable bonds is 7. The second kappa shape index (κ2) is 9.46. The summed E-state index contributed by atoms with van der Waals surface area (Å²) in [7, 11) is 0. The Kier molecular flexibility index (Phi) is 6.69. The normalized spacial score (nSPS) is 23.5. The summed E-state index contributed by atoms with van der Waals surface area (Å²) in [5.41, 5.74) is 4.25. The summed E-state index contributed by atoms with van der Waals surface area (Å²) in [6.07, 6.45) is 9.94. The van der Waals surface area contributed by atoms with Crippen LogP contribution in [0.15, 0.2) is 48.5 Å². The maximum Gasteiger partial charge on any atom is 0.306 e. The third kappa shape index (κ3) is 5.90. The summed E-state index contributed by atoms with van der Waals surface area (Å²) in [6, 6.07) is 17.3. The van der Waals surface area contributed by atoms with Crippen LogP contribution in [0, 0.1) is 17.3 Å². The molecule has 0 radical (unpaired) electrons. The van der Waals surface area contributed by atoms with Crippen molar-refractivity contribution in [2.75, 3.05) is 0 Å². The van der Waals surface area contributed by atoms with E-state index in [4.69, 9.17) is 4.74 Å². The molecular formula is C28H36O3. The van der Waals surface area contributed by atoms with E-state index in [2.05, 4.69) is 62.4 Å². The third-order valence-electron chi connectivity index (χ3n) is 7.44. The summed E-state index contributed by atoms with van der Waals surface area (Å²) in [6.45, 7) is 4.71. The van der Waals surface area contributed by atoms with E-state index in [1.807, 2.05) is 0 Å². The average Bonchev–Trinajstić information content (AvgIpc) is 3.24. The van der Waals surface area contributed by atoms with Gasteiger partial charge < -0.3 is 9.84 Å². The van der Waals surface area contributed by atoms with Gasteiger partial charge in [0.25, 0.3) is 0 Å². The van der Waals surface area contributed by atoms with Crippen LogP contribution < -0.4 is 4.74 Å². The minimum Gasteiger partial charge on any atom is -0.490 e. The van der Waals surface area contributed by atoms with E-state index in [9.17, 15) is 9.90 Å². The number of hydrogen-bond donors (Lipinski definition) is 1. The van der Waals surface area contributed by atoms with Gasteiger partial charge in [-0.2, -0.15) is 0 Å². The van der Waals surface area contributed by atoms with Crippen LogP contribution in [0.3, 0.4) is 0 Å². The quantitative estimate of drug-likeness (QED) is 0.518. The Bertz CT molecular complexity index is 873. The zero-order valence-corrected chi connectivity index (χ0v) is 19.0. The molecule has 4 rings (SSSR count). The number of hydrogen-bond acceptors (Lipinski definition) is 2. The van der Waals surface area contributed by atoms with E-state index >= 15 is 0 Å². The molecule has 3 heteroatoms. The number of benzene rings is 2. The lowest BCUT2D eigenvalue weighted by Crippen LogP contribution is -2.28. The van der Waals surface area contributed by atoms with Gasteiger partial charge in [-0.25, -0.2) is 0 Å². The summed E-state index contributed by atoms with van der Waals surface area (Å²) < 4.78 is 6.24. The third-order valence-corrected chi connectivity index (χ3v) is 7.44. The first kappa shape index (κ1) is 21.9. The maximum atomic E-state index is 11.2. The number of carboxylic acids is 1. The van der Waals surface area contributed by atoms with Gasteiger partial charge in [-0.3, -0.25) is 4.79 Å². The molecule has 2 aromatic rings. The Labute approximate surface area is 186 Å². The molecule has 2 atom stereocenters. The van der Waals surface area contributed by atoms with E-state index in [1.165, 1.54) is 29.5 Å². The molecule has 2 unspecified atom stereocenters. The van der Waals surface area contributed by atoms with Crippen molar-refractivity contribution in [3.63, 3.8) is 0 Å². The molecule has 1 N–H and O–H groups in total. The molecule has 31 heavy (non-hydrogen) atoms. The van der Waals surface area contributed by atoms with Crippen LogP contribution >= 0.6 is 0 Å². The highest BCUT2D eigenvalue weighted by molar-refractivity contribution is 5.70. The van der Waals surface area contributed by atoms with E-state index in [-0.39, 0.29) is 5.92 Å². The van der Waals surface area contributed by atoms with Crippen LogP contribution in [0.2, 0.25) is 0 Å². The molecule has 2 aromatic carbocycles. The van der Waals surface area contributed by atoms with E-state index < -0.39 is 5.97 Å². The number of aryl methyl sites for hydroxylation is 1. The molecule has 0 aromatic heterocycles. The fourth-order valence-corrected chi connectivity index (χ4v) is 5.25. The van der Waals surface area contributed by atoms with Gasteiger partial charge in [-0.15, -0.1) is 0 Å². The Morgan fingerprint density at radius 2 is 1.74 bits per heavy atom. The highest BCUT2D eigenvalue weighted by Gasteiger charge is 2.29. The van der Waals surface area contributed by atoms with Gasteiger partial charge in [0.1, 0.15) is 5.75 Å². The number of ether oxygens (including phenoxy) is 1. The van der Waals surface area contributed by atoms with Gasteiger partial charge in [0, 0.05) is 0 Å². The minimum absolute atomic E-state index is 0.128. The molecule has 0 heterocycles. The Balaban J connectivity index is 1.32. The maximum absolute atomic E-state index is 11.2. The lowest BCUT2D eigenvalue weighted by atomic mass is 9.76. The molecule has 0 amide bonds. The first-order valence-electron chi connectivity index (χ1n) is 12.0. The predicted molar refractivity (Wildman–Crippen MR) is 125 cm³/mol. The lowest BCUT2D eigenvalue weighted by molar-refractivity contribution is -0.141. The lowest BCUT2D eigenvalue weighted by Gasteiger charge is -2.34. The van der Waals surface area contributed by atoms with Crippen LogP contribution in [0.5, 0.6) is 5.75 Å². The number of carbonyl (C=O) groups is 1. The SMILES string of the molecule is CC1(C)CCC(Oc2ccc(-c3cccc(CCC4CCC(C(=O)O)C4)c3)cc2)CC1. The molecule has 0 bridgehead atoms. The van der Waals surface area contributed by atoms with Crippen molar-refractivity contribution in [3.8, 4) is 16.9 Å². The van der Waals surface area contributed by atoms with E-state index in [1.54, 1.807) is 0 Å². The fourth-order valence-electron chi connectivity index (χ4n) is 5.25. The molecule has 2 aliphatic rings. The summed E-state index contributed by atoms with van der Waals surface area (Å²) in [5, 5.41) is 9.20. The van der Waals surface area contributed by atoms with Crippen LogP contribution in [0.4, 0.5) is 0 Å². The molecule has 2 saturated carbocycles. The molecule has 166 valence electrons. The molecule has 0 aliphatic heterocycles. The number of carboxylic acid groups (broad SMARTS) is 1. The summed E-state index contributed by atoms with van der Waals surface area (Å²) in [4.78, 5) is 11.2. The van der Waals surface area contributed by atoms with Gasteiger partial charge in [0.05, 0.1) is 12.0 Å². The minimum atomic E-state index is -0.621. The standard InChI is InChI=1S/C28H36O3/c1-28(2)16-14-26(15-17-28)31-25-12-10-22(11-13-25)23-5-3-4-20(18-23)6-7-21-8-9-24(19-21)27(29)30/h3-5,10-13,18,21,24,26H,6-9,14-17,19H2,1-2H3,(H,29,30). The van der Waals surface area contributed by atoms with Crippen LogP contribution in [0.25, 0.3) is 11.1 Å². The van der Waals surface area contributed by atoms with E-state index in [0.717, 1.165) is 50.7 Å². The van der Waals surface area contributed by atoms with Crippen molar-refractivity contribution in [2.45, 2.75) is 77.7 Å². The predicted octanol–water partition coefficient (Wildman–Crippen LogP) is 7.13. The van der Waals surface area contributed by atoms with E-state index in [0.29, 0.717) is 17.4 Å². The topological polar surface area (TPSA) is 46.5 Å². The highest BCUT2D eigenvalue weighted by Crippen LogP contribution is 2.37. The van der Waals surface area contributed by atoms with Gasteiger partial charge in [-0.05, 0) is 97.9 Å². The van der Waals surface area contributed by atoms with Crippen molar-refractivity contribution in [1.29, 1.82) is 0 Å². The molecule has 2 fully saturated rings. The van der Waals surface area contributed by atoms with Gasteiger partial charge in [-0.1, -0.05) is 50.2 Å². The van der Waals surface area contributed by atoms with Crippen molar-refractivity contribution < 1.29 is 14.6 Å². The average molecular weight is 421 g/mol. The summed E-state index contributed by atoms with van der Waals surface area (Å²) in [5.74, 6) is 0.770. The van der Waals surface area contributed by atoms with Crippen LogP contribution in [0.1, 0.15) is 70.8 Å². The van der Waals surface area contributed by atoms with Gasteiger partial charge >= 0.3 is 5.97 Å². The molecule has 3 nitrogen and oxygen atoms in total. The van der Waals surface area contributed by atoms with Gasteiger partial charge in [0.2, 0.25) is 0 Å². The smallest absolute Gasteiger partial charge is 0.306 e. The Hall–Kier alpha value is -2.29. The zero-order valence-electron chi connectivity index (χ0n) is 19.0. The monoisotopic (exact) mass is 420 g/mol. The van der Waals surface area contributed by atoms with Crippen molar-refractivity contribution in [1.82, 2.24) is 0 Å². The highest BCUT2D eigenvalue weighted by atomic mass is 16.5. The second-order valence-corrected chi connectivity index (χ2v) is 10.5. The van der Waals surface area contributed by atoms with Crippen molar-refractivity contribution in [3.05, 3.63) is 54.1 Å². The summed E-state index contributed by atoms with van der Waals surface area (Å²) >= 11 is 0. The molecule has 0 spiro atoms. The first-order chi connectivity index (χ1) is 14.9. The molecule has 0 saturated heterocycles. The first-order valence-corrected chi connectivity index (χ1v) is 12.0. The van der Waals surface area contributed by atoms with Crippen LogP contribution in [-0.2, 0) is 11.2 Å². The fraction of sp³-hybridized carbons (Fsp3) is 0.536. The number of aliphatic carboxylic acids is 1.